The molecule has 0 unspecified atom stereocenters. The predicted molar refractivity (Wildman–Crippen MR) is 158 cm³/mol. The lowest BCUT2D eigenvalue weighted by Gasteiger charge is -2.29. The highest BCUT2D eigenvalue weighted by molar-refractivity contribution is 6.69. The van der Waals surface area contributed by atoms with Gasteiger partial charge in [-0.25, -0.2) is 9.69 Å². The number of allylic oxidation sites excluding steroid dienone is 7. The highest BCUT2D eigenvalue weighted by Gasteiger charge is 2.27. The monoisotopic (exact) mass is 529 g/mol. The number of rotatable bonds is 2. The zero-order chi connectivity index (χ0) is 28.2. The molecule has 1 aliphatic heterocycles. The van der Waals surface area contributed by atoms with E-state index in [1.165, 1.54) is 22.1 Å². The van der Waals surface area contributed by atoms with Crippen LogP contribution in [0.4, 0.5) is 4.79 Å². The summed E-state index contributed by atoms with van der Waals surface area (Å²) in [6, 6.07) is 0. The Labute approximate surface area is 227 Å². The first-order valence-electron chi connectivity index (χ1n) is 13.6. The minimum absolute atomic E-state index is 0.0656. The minimum atomic E-state index is -1.74. The summed E-state index contributed by atoms with van der Waals surface area (Å²) in [5.41, 5.74) is 1.99. The molecule has 1 rings (SSSR count). The van der Waals surface area contributed by atoms with E-state index < -0.39 is 20.0 Å². The third-order valence-corrected chi connectivity index (χ3v) is 6.84. The Morgan fingerprint density at radius 3 is 2.35 bits per heavy atom. The molecule has 0 radical (unpaired) electrons. The van der Waals surface area contributed by atoms with Crippen LogP contribution in [-0.4, -0.2) is 43.5 Å². The van der Waals surface area contributed by atoms with Crippen molar-refractivity contribution >= 4 is 20.3 Å². The largest absolute Gasteiger partial charge is 0.443 e. The van der Waals surface area contributed by atoms with Gasteiger partial charge in [0.05, 0.1) is 6.10 Å². The number of nitrogens with zero attached hydrogens (tertiary/aromatic N) is 1. The van der Waals surface area contributed by atoms with Gasteiger partial charge < -0.3 is 9.16 Å². The lowest BCUT2D eigenvalue weighted by Crippen LogP contribution is -2.42. The van der Waals surface area contributed by atoms with Crippen LogP contribution in [0.25, 0.3) is 0 Å². The number of amides is 2. The van der Waals surface area contributed by atoms with Crippen molar-refractivity contribution in [1.82, 2.24) is 4.90 Å². The first-order chi connectivity index (χ1) is 17.1. The third kappa shape index (κ3) is 15.0. The molecule has 3 atom stereocenters. The highest BCUT2D eigenvalue weighted by Crippen LogP contribution is 2.22. The molecule has 0 aromatic rings. The smallest absolute Gasteiger partial charge is 0.417 e. The van der Waals surface area contributed by atoms with E-state index in [2.05, 4.69) is 77.7 Å². The summed E-state index contributed by atoms with van der Waals surface area (Å²) in [6.45, 7) is 20.9. The molecule has 208 valence electrons. The standard InChI is InChI=1S/C31H51NO4Si/c1-24-16-12-11-13-17-26(3)23-32(30(34)35-31(5,6)7)29(33)19-15-14-18-27(4)28(36-37(8,9)10)21-20-25(2)22-24/h11-12,14-16,18-20,26-28H,13,17,21-23H2,1-10H3/b12-11-,18-14+,19-15+,24-16+,25-20+/t26-,27-,28-/m0/s1. The quantitative estimate of drug-likeness (QED) is 0.266. The van der Waals surface area contributed by atoms with Gasteiger partial charge in [0.1, 0.15) is 5.60 Å². The Balaban J connectivity index is 3.26. The SMILES string of the molecule is C/C1=C\C=C/CC[C@H](C)CN(C(=O)OC(C)(C)C)C(=O)/C=C/C=C/[C@H](C)[C@@H](O[Si](C)(C)C)C/C=C(\C)C1. The number of carbonyl (C=O) groups excluding carboxylic acids is 2. The summed E-state index contributed by atoms with van der Waals surface area (Å²) >= 11 is 0. The molecule has 1 heterocycles. The number of hydrogen-bond donors (Lipinski definition) is 0. The van der Waals surface area contributed by atoms with E-state index >= 15 is 0 Å². The van der Waals surface area contributed by atoms with E-state index in [9.17, 15) is 9.59 Å². The van der Waals surface area contributed by atoms with Gasteiger partial charge in [-0.1, -0.05) is 67.5 Å². The summed E-state index contributed by atoms with van der Waals surface area (Å²) in [7, 11) is -1.74. The number of hydrogen-bond acceptors (Lipinski definition) is 4. The summed E-state index contributed by atoms with van der Waals surface area (Å²) in [4.78, 5) is 27.1. The van der Waals surface area contributed by atoms with Crippen LogP contribution in [0, 0.1) is 11.8 Å². The van der Waals surface area contributed by atoms with Crippen molar-refractivity contribution in [3.05, 3.63) is 59.8 Å². The molecule has 0 saturated carbocycles. The fourth-order valence-corrected chi connectivity index (χ4v) is 5.21. The summed E-state index contributed by atoms with van der Waals surface area (Å²) in [5, 5.41) is 0. The van der Waals surface area contributed by atoms with E-state index in [-0.39, 0.29) is 23.8 Å². The van der Waals surface area contributed by atoms with E-state index in [4.69, 9.17) is 9.16 Å². The highest BCUT2D eigenvalue weighted by atomic mass is 28.4. The lowest BCUT2D eigenvalue weighted by molar-refractivity contribution is -0.125. The zero-order valence-corrected chi connectivity index (χ0v) is 26.0. The molecule has 0 saturated heterocycles. The Bertz CT molecular complexity index is 899. The summed E-state index contributed by atoms with van der Waals surface area (Å²) < 4.78 is 12.1. The Morgan fingerprint density at radius 1 is 1.05 bits per heavy atom. The maximum atomic E-state index is 13.0. The van der Waals surface area contributed by atoms with E-state index in [0.717, 1.165) is 25.7 Å². The molecule has 2 amide bonds. The molecule has 5 nitrogen and oxygen atoms in total. The van der Waals surface area contributed by atoms with Gasteiger partial charge in [0.25, 0.3) is 5.91 Å². The van der Waals surface area contributed by atoms with E-state index in [0.29, 0.717) is 6.54 Å². The van der Waals surface area contributed by atoms with Gasteiger partial charge in [-0.2, -0.15) is 0 Å². The third-order valence-electron chi connectivity index (χ3n) is 5.83. The summed E-state index contributed by atoms with van der Waals surface area (Å²) in [5.74, 6) is -0.0524. The van der Waals surface area contributed by atoms with Crippen LogP contribution in [0.3, 0.4) is 0 Å². The second-order valence-electron chi connectivity index (χ2n) is 12.4. The molecule has 0 spiro atoms. The molecule has 37 heavy (non-hydrogen) atoms. The molecular formula is C31H51NO4Si. The topological polar surface area (TPSA) is 55.8 Å². The van der Waals surface area contributed by atoms with Gasteiger partial charge in [0.15, 0.2) is 8.32 Å². The van der Waals surface area contributed by atoms with Crippen molar-refractivity contribution in [2.45, 2.75) is 105 Å². The maximum Gasteiger partial charge on any atom is 0.417 e. The van der Waals surface area contributed by atoms with Crippen molar-refractivity contribution in [2.24, 2.45) is 11.8 Å². The van der Waals surface area contributed by atoms with Gasteiger partial charge in [0.2, 0.25) is 0 Å². The lowest BCUT2D eigenvalue weighted by atomic mass is 9.98. The number of ether oxygens (including phenoxy) is 1. The summed E-state index contributed by atoms with van der Waals surface area (Å²) in [6.07, 6.45) is 18.8. The molecule has 0 bridgehead atoms. The fourth-order valence-electron chi connectivity index (χ4n) is 3.99. The Kier molecular flexibility index (Phi) is 13.6. The second-order valence-corrected chi connectivity index (χ2v) is 16.8. The average Bonchev–Trinajstić information content (AvgIpc) is 2.74. The fraction of sp³-hybridized carbons (Fsp3) is 0.613. The average molecular weight is 530 g/mol. The van der Waals surface area contributed by atoms with Crippen molar-refractivity contribution in [2.75, 3.05) is 6.54 Å². The molecule has 1 aliphatic rings. The van der Waals surface area contributed by atoms with Crippen molar-refractivity contribution in [3.63, 3.8) is 0 Å². The van der Waals surface area contributed by atoms with Gasteiger partial charge >= 0.3 is 6.09 Å². The molecule has 0 aromatic carbocycles. The van der Waals surface area contributed by atoms with Gasteiger partial charge in [-0.05, 0) is 91.8 Å². The first kappa shape index (κ1) is 32.8. The number of carbonyl (C=O) groups is 2. The molecule has 0 N–H and O–H groups in total. The van der Waals surface area contributed by atoms with Gasteiger partial charge in [-0.15, -0.1) is 0 Å². The first-order valence-corrected chi connectivity index (χ1v) is 17.0. The molecule has 6 heteroatoms. The van der Waals surface area contributed by atoms with Crippen LogP contribution >= 0.6 is 0 Å². The maximum absolute atomic E-state index is 13.0. The van der Waals surface area contributed by atoms with Crippen LogP contribution in [-0.2, 0) is 14.0 Å². The van der Waals surface area contributed by atoms with Crippen molar-refractivity contribution < 1.29 is 18.8 Å². The zero-order valence-electron chi connectivity index (χ0n) is 25.0. The van der Waals surface area contributed by atoms with Gasteiger partial charge in [-0.3, -0.25) is 4.79 Å². The van der Waals surface area contributed by atoms with Crippen LogP contribution < -0.4 is 0 Å². The molecule has 0 fully saturated rings. The molecule has 0 aromatic heterocycles. The van der Waals surface area contributed by atoms with Crippen LogP contribution in [0.5, 0.6) is 0 Å². The molecule has 0 aliphatic carbocycles. The Hall–Kier alpha value is -2.18. The minimum Gasteiger partial charge on any atom is -0.443 e. The second kappa shape index (κ2) is 15.3. The van der Waals surface area contributed by atoms with Gasteiger partial charge in [0, 0.05) is 12.6 Å². The van der Waals surface area contributed by atoms with Crippen LogP contribution in [0.15, 0.2) is 59.8 Å². The van der Waals surface area contributed by atoms with Crippen molar-refractivity contribution in [1.29, 1.82) is 0 Å². The van der Waals surface area contributed by atoms with E-state index in [1.54, 1.807) is 6.08 Å². The van der Waals surface area contributed by atoms with E-state index in [1.807, 2.05) is 26.8 Å². The van der Waals surface area contributed by atoms with Crippen LogP contribution in [0.2, 0.25) is 19.6 Å². The van der Waals surface area contributed by atoms with Crippen molar-refractivity contribution in [3.8, 4) is 0 Å². The molecular weight excluding hydrogens is 478 g/mol. The number of imide groups is 1. The van der Waals surface area contributed by atoms with Crippen LogP contribution in [0.1, 0.15) is 74.1 Å². The predicted octanol–water partition coefficient (Wildman–Crippen LogP) is 8.38. The normalized spacial score (nSPS) is 29.3. The Morgan fingerprint density at radius 2 is 1.73 bits per heavy atom.